The monoisotopic (exact) mass is 299 g/mol. The highest BCUT2D eigenvalue weighted by atomic mass is 35.5. The van der Waals surface area contributed by atoms with E-state index in [-0.39, 0.29) is 11.7 Å². The molecule has 1 heterocycles. The van der Waals surface area contributed by atoms with Crippen molar-refractivity contribution in [3.8, 4) is 0 Å². The Hall–Kier alpha value is -1.07. The topological polar surface area (TPSA) is 67.2 Å². The molecule has 0 amide bonds. The molecule has 1 aromatic rings. The summed E-state index contributed by atoms with van der Waals surface area (Å²) in [7, 11) is 0. The van der Waals surface area contributed by atoms with Gasteiger partial charge in [0.2, 0.25) is 0 Å². The number of anilines is 1. The minimum Gasteiger partial charge on any atom is -0.393 e. The molecule has 5 nitrogen and oxygen atoms in total. The predicted molar refractivity (Wildman–Crippen MR) is 80.3 cm³/mol. The molecule has 1 unspecified atom stereocenters. The van der Waals surface area contributed by atoms with E-state index in [1.54, 1.807) is 0 Å². The molecular weight excluding hydrogens is 278 g/mol. The molecule has 20 heavy (non-hydrogen) atoms. The van der Waals surface area contributed by atoms with E-state index >= 15 is 0 Å². The van der Waals surface area contributed by atoms with Gasteiger partial charge in [0.05, 0.1) is 17.3 Å². The van der Waals surface area contributed by atoms with Crippen molar-refractivity contribution in [1.82, 2.24) is 9.78 Å². The summed E-state index contributed by atoms with van der Waals surface area (Å²) in [5, 5.41) is 17.0. The summed E-state index contributed by atoms with van der Waals surface area (Å²) in [5.41, 5.74) is 0.222. The highest BCUT2D eigenvalue weighted by Gasteiger charge is 2.20. The fourth-order valence-corrected chi connectivity index (χ4v) is 2.44. The smallest absolute Gasteiger partial charge is 0.291 e. The van der Waals surface area contributed by atoms with Crippen LogP contribution in [0.5, 0.6) is 0 Å². The second-order valence-electron chi connectivity index (χ2n) is 5.43. The van der Waals surface area contributed by atoms with Crippen LogP contribution < -0.4 is 10.9 Å². The first kappa shape index (κ1) is 15.3. The summed E-state index contributed by atoms with van der Waals surface area (Å²) in [5.74, 6) is 0.566. The van der Waals surface area contributed by atoms with Gasteiger partial charge < -0.3 is 10.4 Å². The number of hydrogen-bond acceptors (Lipinski definition) is 4. The van der Waals surface area contributed by atoms with Gasteiger partial charge in [-0.2, -0.15) is 5.10 Å². The molecule has 6 heteroatoms. The molecule has 2 N–H and O–H groups in total. The zero-order chi connectivity index (χ0) is 14.5. The number of aromatic nitrogens is 2. The normalized spacial score (nSPS) is 16.8. The standard InChI is InChI=1S/C14H22ClN3O2/c1-2-11(19)6-7-16-13-12(15)8-17-18(14(13)20)9-10-4-3-5-10/h8,10-11,16,19H,2-7,9H2,1H3. The fraction of sp³-hybridized carbons (Fsp3) is 0.714. The van der Waals surface area contributed by atoms with Gasteiger partial charge in [-0.25, -0.2) is 4.68 Å². The lowest BCUT2D eigenvalue weighted by molar-refractivity contribution is 0.164. The number of halogens is 1. The van der Waals surface area contributed by atoms with Crippen molar-refractivity contribution in [3.05, 3.63) is 21.6 Å². The minimum absolute atomic E-state index is 0.171. The summed E-state index contributed by atoms with van der Waals surface area (Å²) < 4.78 is 1.49. The number of hydrogen-bond donors (Lipinski definition) is 2. The van der Waals surface area contributed by atoms with Crippen LogP contribution in [0.4, 0.5) is 5.69 Å². The van der Waals surface area contributed by atoms with Gasteiger partial charge in [-0.05, 0) is 31.6 Å². The highest BCUT2D eigenvalue weighted by Crippen LogP contribution is 2.27. The number of rotatable bonds is 7. The molecule has 112 valence electrons. The van der Waals surface area contributed by atoms with E-state index in [2.05, 4.69) is 10.4 Å². The van der Waals surface area contributed by atoms with Crippen LogP contribution in [0.3, 0.4) is 0 Å². The molecule has 1 aliphatic rings. The Kier molecular flexibility index (Phi) is 5.43. The third kappa shape index (κ3) is 3.73. The van der Waals surface area contributed by atoms with Crippen molar-refractivity contribution >= 4 is 17.3 Å². The maximum atomic E-state index is 12.3. The van der Waals surface area contributed by atoms with E-state index < -0.39 is 0 Å². The van der Waals surface area contributed by atoms with Crippen molar-refractivity contribution in [1.29, 1.82) is 0 Å². The third-order valence-corrected chi connectivity index (χ3v) is 4.19. The molecule has 0 aromatic carbocycles. The SMILES string of the molecule is CCC(O)CCNc1c(Cl)cnn(CC2CCC2)c1=O. The Balaban J connectivity index is 2.02. The van der Waals surface area contributed by atoms with Gasteiger partial charge in [-0.3, -0.25) is 4.79 Å². The van der Waals surface area contributed by atoms with E-state index in [4.69, 9.17) is 11.6 Å². The molecule has 0 saturated heterocycles. The molecular formula is C14H22ClN3O2. The van der Waals surface area contributed by atoms with E-state index in [1.807, 2.05) is 6.92 Å². The number of aliphatic hydroxyl groups is 1. The summed E-state index contributed by atoms with van der Waals surface area (Å²) in [4.78, 5) is 12.3. The van der Waals surface area contributed by atoms with Crippen LogP contribution >= 0.6 is 11.6 Å². The molecule has 1 saturated carbocycles. The van der Waals surface area contributed by atoms with Crippen LogP contribution in [0.25, 0.3) is 0 Å². The highest BCUT2D eigenvalue weighted by molar-refractivity contribution is 6.32. The first-order valence-electron chi connectivity index (χ1n) is 7.29. The lowest BCUT2D eigenvalue weighted by Gasteiger charge is -2.25. The van der Waals surface area contributed by atoms with Crippen LogP contribution in [-0.2, 0) is 6.54 Å². The van der Waals surface area contributed by atoms with Gasteiger partial charge >= 0.3 is 0 Å². The average Bonchev–Trinajstić information content (AvgIpc) is 2.39. The zero-order valence-corrected chi connectivity index (χ0v) is 12.6. The Morgan fingerprint density at radius 1 is 1.60 bits per heavy atom. The van der Waals surface area contributed by atoms with Crippen LogP contribution in [0.15, 0.2) is 11.0 Å². The van der Waals surface area contributed by atoms with Crippen molar-refractivity contribution in [2.24, 2.45) is 5.92 Å². The van der Waals surface area contributed by atoms with E-state index in [0.29, 0.717) is 42.6 Å². The largest absolute Gasteiger partial charge is 0.393 e. The quantitative estimate of drug-likeness (QED) is 0.810. The van der Waals surface area contributed by atoms with E-state index in [0.717, 1.165) is 0 Å². The van der Waals surface area contributed by atoms with Gasteiger partial charge in [0, 0.05) is 13.1 Å². The third-order valence-electron chi connectivity index (χ3n) is 3.90. The molecule has 0 spiro atoms. The van der Waals surface area contributed by atoms with Crippen LogP contribution in [0, 0.1) is 5.92 Å². The number of aliphatic hydroxyl groups excluding tert-OH is 1. The summed E-state index contributed by atoms with van der Waals surface area (Å²) in [6.45, 7) is 3.12. The molecule has 0 aliphatic heterocycles. The predicted octanol–water partition coefficient (Wildman–Crippen LogP) is 2.27. The number of nitrogens with one attached hydrogen (secondary N) is 1. The van der Waals surface area contributed by atoms with Gasteiger partial charge in [-0.1, -0.05) is 24.9 Å². The average molecular weight is 300 g/mol. The molecule has 1 aliphatic carbocycles. The first-order chi connectivity index (χ1) is 9.61. The van der Waals surface area contributed by atoms with E-state index in [1.165, 1.54) is 30.1 Å². The van der Waals surface area contributed by atoms with Crippen molar-refractivity contribution < 1.29 is 5.11 Å². The molecule has 1 fully saturated rings. The molecule has 1 atom stereocenters. The Morgan fingerprint density at radius 2 is 2.35 bits per heavy atom. The summed E-state index contributed by atoms with van der Waals surface area (Å²) >= 11 is 6.03. The van der Waals surface area contributed by atoms with Crippen LogP contribution in [-0.4, -0.2) is 27.5 Å². The Labute approximate surface area is 124 Å². The lowest BCUT2D eigenvalue weighted by Crippen LogP contribution is -2.31. The summed E-state index contributed by atoms with van der Waals surface area (Å²) in [6, 6.07) is 0. The van der Waals surface area contributed by atoms with Gasteiger partial charge in [-0.15, -0.1) is 0 Å². The first-order valence-corrected chi connectivity index (χ1v) is 7.67. The van der Waals surface area contributed by atoms with Gasteiger partial charge in [0.15, 0.2) is 0 Å². The van der Waals surface area contributed by atoms with Crippen molar-refractivity contribution in [2.75, 3.05) is 11.9 Å². The maximum Gasteiger partial charge on any atom is 0.291 e. The van der Waals surface area contributed by atoms with Crippen LogP contribution in [0.1, 0.15) is 39.0 Å². The van der Waals surface area contributed by atoms with Gasteiger partial charge in [0.25, 0.3) is 5.56 Å². The Bertz CT molecular complexity index is 500. The molecule has 2 rings (SSSR count). The van der Waals surface area contributed by atoms with Crippen molar-refractivity contribution in [3.63, 3.8) is 0 Å². The minimum atomic E-state index is -0.347. The van der Waals surface area contributed by atoms with Crippen LogP contribution in [0.2, 0.25) is 5.02 Å². The second-order valence-corrected chi connectivity index (χ2v) is 5.84. The van der Waals surface area contributed by atoms with E-state index in [9.17, 15) is 9.90 Å². The maximum absolute atomic E-state index is 12.3. The fourth-order valence-electron chi connectivity index (χ4n) is 2.25. The second kappa shape index (κ2) is 7.09. The Morgan fingerprint density at radius 3 is 2.95 bits per heavy atom. The number of nitrogens with zero attached hydrogens (tertiary/aromatic N) is 2. The molecule has 0 radical (unpaired) electrons. The zero-order valence-electron chi connectivity index (χ0n) is 11.8. The summed E-state index contributed by atoms with van der Waals surface area (Å²) in [6.07, 6.45) is 6.05. The lowest BCUT2D eigenvalue weighted by atomic mass is 9.85. The van der Waals surface area contributed by atoms with Gasteiger partial charge in [0.1, 0.15) is 5.69 Å². The molecule has 1 aromatic heterocycles. The van der Waals surface area contributed by atoms with Crippen molar-refractivity contribution in [2.45, 2.75) is 51.7 Å². The molecule has 0 bridgehead atoms.